The van der Waals surface area contributed by atoms with Gasteiger partial charge < -0.3 is 4.74 Å². The number of unbranched alkanes of at least 4 members (excludes halogenated alkanes) is 1. The number of allylic oxidation sites excluding steroid dienone is 2. The summed E-state index contributed by atoms with van der Waals surface area (Å²) in [7, 11) is 0. The van der Waals surface area contributed by atoms with E-state index in [4.69, 9.17) is 4.74 Å². The summed E-state index contributed by atoms with van der Waals surface area (Å²) in [6.07, 6.45) is 7.17. The number of hydrogen-bond acceptors (Lipinski definition) is 1. The zero-order valence-electron chi connectivity index (χ0n) is 15.0. The van der Waals surface area contributed by atoms with E-state index in [2.05, 4.69) is 54.9 Å². The summed E-state index contributed by atoms with van der Waals surface area (Å²) in [5.41, 5.74) is 3.37. The van der Waals surface area contributed by atoms with Gasteiger partial charge in [-0.15, -0.1) is 0 Å². The Morgan fingerprint density at radius 3 is 1.88 bits per heavy atom. The molecular weight excluding hydrogens is 304 g/mol. The molecule has 2 aromatic carbocycles. The molecule has 0 aliphatic carbocycles. The van der Waals surface area contributed by atoms with Crippen LogP contribution in [0.2, 0.25) is 0 Å². The van der Waals surface area contributed by atoms with Gasteiger partial charge in [0.05, 0.1) is 6.61 Å². The molecule has 0 aliphatic rings. The first-order valence-electron chi connectivity index (χ1n) is 8.81. The lowest BCUT2D eigenvalue weighted by atomic mass is 10.1. The molecule has 0 saturated heterocycles. The number of rotatable bonds is 5. The van der Waals surface area contributed by atoms with E-state index >= 15 is 0 Å². The Morgan fingerprint density at radius 1 is 0.800 bits per heavy atom. The second-order valence-electron chi connectivity index (χ2n) is 5.63. The molecule has 25 heavy (non-hydrogen) atoms. The zero-order chi connectivity index (χ0) is 17.7. The topological polar surface area (TPSA) is 9.23 Å². The van der Waals surface area contributed by atoms with Crippen molar-refractivity contribution in [1.29, 1.82) is 0 Å². The van der Waals surface area contributed by atoms with Crippen LogP contribution < -0.4 is 4.74 Å². The van der Waals surface area contributed by atoms with E-state index in [9.17, 15) is 0 Å². The van der Waals surface area contributed by atoms with Crippen LogP contribution in [-0.4, -0.2) is 6.61 Å². The Balaban J connectivity index is 1.86. The van der Waals surface area contributed by atoms with Gasteiger partial charge in [-0.2, -0.15) is 0 Å². The van der Waals surface area contributed by atoms with Gasteiger partial charge in [0, 0.05) is 11.1 Å². The standard InChI is InChI=1S/C24H24O/c1-3-5-10-21-13-15-22(16-14-21)11-8-6-7-9-12-23-17-19-24(20-18-23)25-4-2/h6-7,13-20H,3-5,10H2,1-2H3/b7-6+. The molecule has 0 amide bonds. The van der Waals surface area contributed by atoms with Crippen molar-refractivity contribution in [2.24, 2.45) is 0 Å². The number of aryl methyl sites for hydroxylation is 1. The molecule has 0 radical (unpaired) electrons. The largest absolute Gasteiger partial charge is 0.494 e. The average molecular weight is 328 g/mol. The fourth-order valence-corrected chi connectivity index (χ4v) is 2.27. The van der Waals surface area contributed by atoms with Crippen molar-refractivity contribution in [3.63, 3.8) is 0 Å². The molecule has 0 atom stereocenters. The van der Waals surface area contributed by atoms with Gasteiger partial charge in [-0.25, -0.2) is 0 Å². The van der Waals surface area contributed by atoms with Crippen LogP contribution in [0.1, 0.15) is 43.4 Å². The monoisotopic (exact) mass is 328 g/mol. The second kappa shape index (κ2) is 10.8. The molecule has 0 bridgehead atoms. The molecule has 0 fully saturated rings. The van der Waals surface area contributed by atoms with Crippen LogP contribution in [0.15, 0.2) is 60.7 Å². The maximum atomic E-state index is 5.41. The van der Waals surface area contributed by atoms with Crippen molar-refractivity contribution < 1.29 is 4.74 Å². The first-order valence-corrected chi connectivity index (χ1v) is 8.81. The van der Waals surface area contributed by atoms with Crippen molar-refractivity contribution >= 4 is 0 Å². The Labute approximate surface area is 151 Å². The van der Waals surface area contributed by atoms with E-state index in [0.29, 0.717) is 6.61 Å². The van der Waals surface area contributed by atoms with E-state index in [1.54, 1.807) is 12.2 Å². The number of benzene rings is 2. The van der Waals surface area contributed by atoms with Crippen molar-refractivity contribution in [2.45, 2.75) is 33.1 Å². The third kappa shape index (κ3) is 7.03. The summed E-state index contributed by atoms with van der Waals surface area (Å²) >= 11 is 0. The zero-order valence-corrected chi connectivity index (χ0v) is 15.0. The minimum absolute atomic E-state index is 0.675. The van der Waals surface area contributed by atoms with Crippen LogP contribution in [0.3, 0.4) is 0 Å². The van der Waals surface area contributed by atoms with Crippen LogP contribution in [0, 0.1) is 23.7 Å². The van der Waals surface area contributed by atoms with Gasteiger partial charge in [0.15, 0.2) is 0 Å². The van der Waals surface area contributed by atoms with Crippen molar-refractivity contribution in [1.82, 2.24) is 0 Å². The summed E-state index contributed by atoms with van der Waals surface area (Å²) in [5, 5.41) is 0. The maximum Gasteiger partial charge on any atom is 0.119 e. The van der Waals surface area contributed by atoms with Crippen LogP contribution >= 0.6 is 0 Å². The average Bonchev–Trinajstić information content (AvgIpc) is 2.65. The smallest absolute Gasteiger partial charge is 0.119 e. The Bertz CT molecular complexity index is 788. The molecule has 0 heterocycles. The van der Waals surface area contributed by atoms with E-state index in [0.717, 1.165) is 23.3 Å². The third-order valence-corrected chi connectivity index (χ3v) is 3.62. The molecule has 0 aromatic heterocycles. The number of hydrogen-bond donors (Lipinski definition) is 0. The lowest BCUT2D eigenvalue weighted by molar-refractivity contribution is 0.340. The fourth-order valence-electron chi connectivity index (χ4n) is 2.27. The third-order valence-electron chi connectivity index (χ3n) is 3.62. The van der Waals surface area contributed by atoms with Crippen LogP contribution in [0.25, 0.3) is 0 Å². The van der Waals surface area contributed by atoms with Gasteiger partial charge in [-0.05, 0) is 73.9 Å². The van der Waals surface area contributed by atoms with Crippen LogP contribution in [-0.2, 0) is 6.42 Å². The minimum Gasteiger partial charge on any atom is -0.494 e. The first-order chi connectivity index (χ1) is 12.3. The van der Waals surface area contributed by atoms with Gasteiger partial charge in [-0.1, -0.05) is 49.2 Å². The highest BCUT2D eigenvalue weighted by molar-refractivity contribution is 5.42. The summed E-state index contributed by atoms with van der Waals surface area (Å²) in [4.78, 5) is 0. The molecule has 0 spiro atoms. The summed E-state index contributed by atoms with van der Waals surface area (Å²) in [5.74, 6) is 13.1. The predicted octanol–water partition coefficient (Wildman–Crippen LogP) is 5.39. The highest BCUT2D eigenvalue weighted by Crippen LogP contribution is 2.11. The fraction of sp³-hybridized carbons (Fsp3) is 0.250. The summed E-state index contributed by atoms with van der Waals surface area (Å²) in [6.45, 7) is 4.86. The summed E-state index contributed by atoms with van der Waals surface area (Å²) < 4.78 is 5.41. The lowest BCUT2D eigenvalue weighted by Gasteiger charge is -2.01. The molecule has 2 aromatic rings. The second-order valence-corrected chi connectivity index (χ2v) is 5.63. The van der Waals surface area contributed by atoms with Crippen LogP contribution in [0.4, 0.5) is 0 Å². The molecule has 126 valence electrons. The quantitative estimate of drug-likeness (QED) is 0.669. The Kier molecular flexibility index (Phi) is 7.96. The van der Waals surface area contributed by atoms with Gasteiger partial charge in [-0.3, -0.25) is 0 Å². The highest BCUT2D eigenvalue weighted by atomic mass is 16.5. The van der Waals surface area contributed by atoms with Crippen molar-refractivity contribution in [2.75, 3.05) is 6.61 Å². The van der Waals surface area contributed by atoms with Gasteiger partial charge >= 0.3 is 0 Å². The molecule has 0 N–H and O–H groups in total. The van der Waals surface area contributed by atoms with Crippen molar-refractivity contribution in [3.05, 3.63) is 77.4 Å². The maximum absolute atomic E-state index is 5.41. The van der Waals surface area contributed by atoms with Gasteiger partial charge in [0.2, 0.25) is 0 Å². The van der Waals surface area contributed by atoms with E-state index in [1.165, 1.54) is 18.4 Å². The normalized spacial score (nSPS) is 9.84. The summed E-state index contributed by atoms with van der Waals surface area (Å²) in [6, 6.07) is 16.3. The molecule has 1 nitrogen and oxygen atoms in total. The first kappa shape index (κ1) is 18.4. The Hall–Kier alpha value is -2.90. The minimum atomic E-state index is 0.675. The van der Waals surface area contributed by atoms with Crippen LogP contribution in [0.5, 0.6) is 5.75 Å². The van der Waals surface area contributed by atoms with E-state index < -0.39 is 0 Å². The van der Waals surface area contributed by atoms with E-state index in [-0.39, 0.29) is 0 Å². The Morgan fingerprint density at radius 2 is 1.36 bits per heavy atom. The highest BCUT2D eigenvalue weighted by Gasteiger charge is 1.92. The predicted molar refractivity (Wildman–Crippen MR) is 106 cm³/mol. The van der Waals surface area contributed by atoms with Crippen molar-refractivity contribution in [3.8, 4) is 29.4 Å². The molecule has 1 heteroatoms. The van der Waals surface area contributed by atoms with E-state index in [1.807, 2.05) is 31.2 Å². The van der Waals surface area contributed by atoms with Gasteiger partial charge in [0.1, 0.15) is 5.75 Å². The molecular formula is C24H24O. The molecule has 0 aliphatic heterocycles. The molecule has 0 unspecified atom stereocenters. The van der Waals surface area contributed by atoms with Gasteiger partial charge in [0.25, 0.3) is 0 Å². The SMILES string of the molecule is CCCCc1ccc(C#C/C=C/C#Cc2ccc(OCC)cc2)cc1. The number of ether oxygens (including phenoxy) is 1. The molecule has 2 rings (SSSR count). The molecule has 0 saturated carbocycles. The lowest BCUT2D eigenvalue weighted by Crippen LogP contribution is -1.90.